The maximum atomic E-state index is 5.51. The van der Waals surface area contributed by atoms with Crippen molar-refractivity contribution >= 4 is 23.1 Å². The Morgan fingerprint density at radius 3 is 2.59 bits per heavy atom. The minimum Gasteiger partial charge on any atom is -0.496 e. The molecule has 3 heterocycles. The van der Waals surface area contributed by atoms with Gasteiger partial charge in [0, 0.05) is 16.8 Å². The molecule has 0 fully saturated rings. The van der Waals surface area contributed by atoms with Crippen LogP contribution in [0.2, 0.25) is 0 Å². The van der Waals surface area contributed by atoms with Crippen molar-refractivity contribution in [3.05, 3.63) is 83.8 Å². The molecule has 0 spiro atoms. The molecular formula is C24H20N4O2S2. The Morgan fingerprint density at radius 1 is 1.00 bits per heavy atom. The zero-order valence-corrected chi connectivity index (χ0v) is 19.2. The van der Waals surface area contributed by atoms with Crippen molar-refractivity contribution in [1.82, 2.24) is 19.7 Å². The molecule has 3 aromatic heterocycles. The number of thioether (sulfide) groups is 1. The quantitative estimate of drug-likeness (QED) is 0.267. The second-order valence-corrected chi connectivity index (χ2v) is 8.80. The predicted octanol–water partition coefficient (Wildman–Crippen LogP) is 6.26. The van der Waals surface area contributed by atoms with Crippen LogP contribution >= 0.6 is 23.1 Å². The Morgan fingerprint density at radius 2 is 1.81 bits per heavy atom. The van der Waals surface area contributed by atoms with E-state index in [1.807, 2.05) is 55.5 Å². The van der Waals surface area contributed by atoms with E-state index in [9.17, 15) is 0 Å². The molecule has 0 aliphatic rings. The number of para-hydroxylation sites is 2. The van der Waals surface area contributed by atoms with Crippen LogP contribution < -0.4 is 4.74 Å². The van der Waals surface area contributed by atoms with Gasteiger partial charge in [-0.2, -0.15) is 0 Å². The number of hydrogen-bond donors (Lipinski definition) is 0. The summed E-state index contributed by atoms with van der Waals surface area (Å²) < 4.78 is 13.1. The summed E-state index contributed by atoms with van der Waals surface area (Å²) in [4.78, 5) is 4.82. The normalized spacial score (nSPS) is 11.1. The molecule has 0 saturated carbocycles. The van der Waals surface area contributed by atoms with Gasteiger partial charge in [-0.15, -0.1) is 21.5 Å². The largest absolute Gasteiger partial charge is 0.496 e. The van der Waals surface area contributed by atoms with E-state index in [0.717, 1.165) is 50.0 Å². The molecule has 8 heteroatoms. The Hall–Kier alpha value is -3.36. The maximum Gasteiger partial charge on any atom is 0.196 e. The number of furan rings is 1. The highest BCUT2D eigenvalue weighted by molar-refractivity contribution is 7.98. The van der Waals surface area contributed by atoms with Crippen LogP contribution in [0.3, 0.4) is 0 Å². The fourth-order valence-electron chi connectivity index (χ4n) is 3.42. The van der Waals surface area contributed by atoms with Crippen LogP contribution in [0.5, 0.6) is 5.75 Å². The second kappa shape index (κ2) is 9.02. The summed E-state index contributed by atoms with van der Waals surface area (Å²) in [5.41, 5.74) is 3.93. The van der Waals surface area contributed by atoms with Gasteiger partial charge in [-0.05, 0) is 37.3 Å². The standard InChI is InChI=1S/C24H20N4O2S2/c1-16-19(12-13-30-16)22-26-27-24(28(22)18-8-4-3-5-9-18)32-15-17-14-31-23(25-17)20-10-6-7-11-21(20)29-2/h3-14H,15H2,1-2H3. The Balaban J connectivity index is 1.44. The van der Waals surface area contributed by atoms with Crippen LogP contribution in [-0.4, -0.2) is 26.9 Å². The van der Waals surface area contributed by atoms with E-state index in [4.69, 9.17) is 14.1 Å². The predicted molar refractivity (Wildman–Crippen MR) is 127 cm³/mol. The highest BCUT2D eigenvalue weighted by atomic mass is 32.2. The topological polar surface area (TPSA) is 66.0 Å². The van der Waals surface area contributed by atoms with E-state index in [-0.39, 0.29) is 0 Å². The molecule has 0 aliphatic heterocycles. The molecule has 0 unspecified atom stereocenters. The number of benzene rings is 2. The summed E-state index contributed by atoms with van der Waals surface area (Å²) >= 11 is 3.22. The average Bonchev–Trinajstić information content (AvgIpc) is 3.57. The average molecular weight is 461 g/mol. The van der Waals surface area contributed by atoms with Crippen molar-refractivity contribution in [3.63, 3.8) is 0 Å². The summed E-state index contributed by atoms with van der Waals surface area (Å²) in [6.07, 6.45) is 1.68. The van der Waals surface area contributed by atoms with Crippen molar-refractivity contribution < 1.29 is 9.15 Å². The summed E-state index contributed by atoms with van der Waals surface area (Å²) in [7, 11) is 1.68. The number of methoxy groups -OCH3 is 1. The fourth-order valence-corrected chi connectivity index (χ4v) is 5.22. The smallest absolute Gasteiger partial charge is 0.196 e. The first kappa shape index (κ1) is 20.5. The molecule has 0 N–H and O–H groups in total. The highest BCUT2D eigenvalue weighted by Crippen LogP contribution is 2.35. The molecular weight excluding hydrogens is 440 g/mol. The summed E-state index contributed by atoms with van der Waals surface area (Å²) in [6.45, 7) is 1.93. The Labute approximate surface area is 193 Å². The molecule has 0 amide bonds. The monoisotopic (exact) mass is 460 g/mol. The van der Waals surface area contributed by atoms with E-state index >= 15 is 0 Å². The van der Waals surface area contributed by atoms with Gasteiger partial charge >= 0.3 is 0 Å². The number of hydrogen-bond acceptors (Lipinski definition) is 7. The molecule has 5 aromatic rings. The lowest BCUT2D eigenvalue weighted by molar-refractivity contribution is 0.416. The van der Waals surface area contributed by atoms with Gasteiger partial charge in [-0.1, -0.05) is 42.1 Å². The van der Waals surface area contributed by atoms with E-state index < -0.39 is 0 Å². The molecule has 0 radical (unpaired) electrons. The highest BCUT2D eigenvalue weighted by Gasteiger charge is 2.19. The van der Waals surface area contributed by atoms with Gasteiger partial charge in [0.2, 0.25) is 0 Å². The Bertz CT molecular complexity index is 1340. The van der Waals surface area contributed by atoms with Gasteiger partial charge in [0.15, 0.2) is 11.0 Å². The summed E-state index contributed by atoms with van der Waals surface area (Å²) in [5.74, 6) is 3.08. The van der Waals surface area contributed by atoms with E-state index in [1.165, 1.54) is 0 Å². The van der Waals surface area contributed by atoms with Gasteiger partial charge in [0.05, 0.1) is 30.2 Å². The minimum absolute atomic E-state index is 0.682. The van der Waals surface area contributed by atoms with Crippen molar-refractivity contribution in [2.24, 2.45) is 0 Å². The molecule has 2 aromatic carbocycles. The van der Waals surface area contributed by atoms with E-state index in [2.05, 4.69) is 32.3 Å². The number of thiazole rings is 1. The molecule has 160 valence electrons. The van der Waals surface area contributed by atoms with Crippen molar-refractivity contribution in [3.8, 4) is 33.4 Å². The van der Waals surface area contributed by atoms with Crippen LogP contribution in [0.1, 0.15) is 11.5 Å². The third-order valence-electron chi connectivity index (χ3n) is 4.99. The Kier molecular flexibility index (Phi) is 5.79. The summed E-state index contributed by atoms with van der Waals surface area (Å²) in [6, 6.07) is 20.0. The summed E-state index contributed by atoms with van der Waals surface area (Å²) in [5, 5.41) is 12.8. The number of aromatic nitrogens is 4. The molecule has 0 atom stereocenters. The third-order valence-corrected chi connectivity index (χ3v) is 6.87. The molecule has 0 saturated heterocycles. The van der Waals surface area contributed by atoms with Crippen LogP contribution in [-0.2, 0) is 5.75 Å². The van der Waals surface area contributed by atoms with Crippen molar-refractivity contribution in [1.29, 1.82) is 0 Å². The first-order valence-corrected chi connectivity index (χ1v) is 11.9. The molecule has 0 bridgehead atoms. The van der Waals surface area contributed by atoms with Gasteiger partial charge in [-0.3, -0.25) is 4.57 Å². The van der Waals surface area contributed by atoms with Crippen LogP contribution in [0.25, 0.3) is 27.6 Å². The van der Waals surface area contributed by atoms with Gasteiger partial charge in [0.25, 0.3) is 0 Å². The van der Waals surface area contributed by atoms with Gasteiger partial charge in [0.1, 0.15) is 16.5 Å². The van der Waals surface area contributed by atoms with Gasteiger partial charge in [-0.25, -0.2) is 4.98 Å². The number of rotatable bonds is 7. The van der Waals surface area contributed by atoms with E-state index in [1.54, 1.807) is 36.5 Å². The number of nitrogens with zero attached hydrogens (tertiary/aromatic N) is 4. The first-order valence-electron chi connectivity index (χ1n) is 10.0. The number of aryl methyl sites for hydroxylation is 1. The third kappa shape index (κ3) is 3.94. The first-order chi connectivity index (χ1) is 15.7. The van der Waals surface area contributed by atoms with Gasteiger partial charge < -0.3 is 9.15 Å². The zero-order valence-electron chi connectivity index (χ0n) is 17.6. The lowest BCUT2D eigenvalue weighted by atomic mass is 10.2. The molecule has 32 heavy (non-hydrogen) atoms. The number of ether oxygens (including phenoxy) is 1. The van der Waals surface area contributed by atoms with Crippen molar-refractivity contribution in [2.45, 2.75) is 17.8 Å². The van der Waals surface area contributed by atoms with Crippen LogP contribution in [0.4, 0.5) is 0 Å². The van der Waals surface area contributed by atoms with E-state index in [0.29, 0.717) is 5.75 Å². The second-order valence-electron chi connectivity index (χ2n) is 7.00. The molecule has 5 rings (SSSR count). The lowest BCUT2D eigenvalue weighted by Crippen LogP contribution is -1.99. The minimum atomic E-state index is 0.682. The van der Waals surface area contributed by atoms with Crippen LogP contribution in [0, 0.1) is 6.92 Å². The SMILES string of the molecule is COc1ccccc1-c1nc(CSc2nnc(-c3ccoc3C)n2-c2ccccc2)cs1. The molecule has 0 aliphatic carbocycles. The fraction of sp³-hybridized carbons (Fsp3) is 0.125. The van der Waals surface area contributed by atoms with Crippen molar-refractivity contribution in [2.75, 3.05) is 7.11 Å². The van der Waals surface area contributed by atoms with Crippen LogP contribution in [0.15, 0.2) is 81.9 Å². The molecule has 6 nitrogen and oxygen atoms in total. The lowest BCUT2D eigenvalue weighted by Gasteiger charge is -2.09. The maximum absolute atomic E-state index is 5.51. The zero-order chi connectivity index (χ0) is 21.9.